The van der Waals surface area contributed by atoms with Gasteiger partial charge in [0.25, 0.3) is 0 Å². The van der Waals surface area contributed by atoms with Crippen LogP contribution in [0, 0.1) is 11.3 Å². The molecule has 3 atom stereocenters. The summed E-state index contributed by atoms with van der Waals surface area (Å²) in [6.45, 7) is 6.87. The summed E-state index contributed by atoms with van der Waals surface area (Å²) in [6, 6.07) is 0.573. The number of likely N-dealkylation sites (tertiary alicyclic amines) is 1. The van der Waals surface area contributed by atoms with Crippen LogP contribution < -0.4 is 0 Å². The van der Waals surface area contributed by atoms with E-state index in [-0.39, 0.29) is 10.7 Å². The Hall–Kier alpha value is -0.0451. The first-order chi connectivity index (χ1) is 7.27. The number of rotatable bonds is 0. The van der Waals surface area contributed by atoms with E-state index in [1.807, 2.05) is 0 Å². The standard InChI is InChI=1S/C13H22BNS/c1-12(2)7-5-6-10-9(13(12,3)14)8-11(16)15(10)4/h9-10H,5-8H2,1-4H3. The van der Waals surface area contributed by atoms with E-state index in [4.69, 9.17) is 20.1 Å². The van der Waals surface area contributed by atoms with Crippen molar-refractivity contribution in [3.63, 3.8) is 0 Å². The summed E-state index contributed by atoms with van der Waals surface area (Å²) in [6.07, 6.45) is 4.76. The maximum atomic E-state index is 6.68. The predicted molar refractivity (Wildman–Crippen MR) is 74.0 cm³/mol. The van der Waals surface area contributed by atoms with Gasteiger partial charge in [-0.25, -0.2) is 0 Å². The number of hydrogen-bond acceptors (Lipinski definition) is 1. The summed E-state index contributed by atoms with van der Waals surface area (Å²) < 4.78 is 0. The Morgan fingerprint density at radius 2 is 2.00 bits per heavy atom. The quantitative estimate of drug-likeness (QED) is 0.468. The van der Waals surface area contributed by atoms with Crippen molar-refractivity contribution >= 4 is 25.1 Å². The fraction of sp³-hybridized carbons (Fsp3) is 0.923. The highest BCUT2D eigenvalue weighted by Crippen LogP contribution is 2.58. The molecule has 2 radical (unpaired) electrons. The molecule has 3 unspecified atom stereocenters. The van der Waals surface area contributed by atoms with E-state index >= 15 is 0 Å². The molecule has 1 nitrogen and oxygen atoms in total. The summed E-state index contributed by atoms with van der Waals surface area (Å²) in [5.74, 6) is 0.530. The fourth-order valence-electron chi connectivity index (χ4n) is 3.45. The Balaban J connectivity index is 2.36. The minimum Gasteiger partial charge on any atom is -0.366 e. The number of fused-ring (bicyclic) bond motifs is 1. The summed E-state index contributed by atoms with van der Waals surface area (Å²) in [5, 5.41) is -0.108. The summed E-state index contributed by atoms with van der Waals surface area (Å²) >= 11 is 5.45. The topological polar surface area (TPSA) is 3.24 Å². The van der Waals surface area contributed by atoms with Crippen molar-refractivity contribution in [3.8, 4) is 0 Å². The van der Waals surface area contributed by atoms with Crippen LogP contribution in [0.3, 0.4) is 0 Å². The first-order valence-corrected chi connectivity index (χ1v) is 6.73. The van der Waals surface area contributed by atoms with Crippen molar-refractivity contribution in [2.75, 3.05) is 7.05 Å². The molecule has 0 bridgehead atoms. The third kappa shape index (κ3) is 1.63. The second-order valence-electron chi connectivity index (χ2n) is 6.44. The van der Waals surface area contributed by atoms with Crippen LogP contribution in [0.25, 0.3) is 0 Å². The van der Waals surface area contributed by atoms with E-state index in [2.05, 4.69) is 32.7 Å². The highest BCUT2D eigenvalue weighted by atomic mass is 32.1. The maximum absolute atomic E-state index is 6.68. The smallest absolute Gasteiger partial charge is 0.0782 e. The molecule has 1 saturated carbocycles. The minimum atomic E-state index is -0.108. The van der Waals surface area contributed by atoms with Crippen LogP contribution >= 0.6 is 12.2 Å². The van der Waals surface area contributed by atoms with Crippen LogP contribution in [-0.2, 0) is 0 Å². The van der Waals surface area contributed by atoms with Gasteiger partial charge in [-0.3, -0.25) is 0 Å². The van der Waals surface area contributed by atoms with Crippen molar-refractivity contribution in [1.82, 2.24) is 4.90 Å². The van der Waals surface area contributed by atoms with E-state index in [1.165, 1.54) is 19.3 Å². The highest BCUT2D eigenvalue weighted by molar-refractivity contribution is 7.80. The second-order valence-corrected chi connectivity index (χ2v) is 6.91. The van der Waals surface area contributed by atoms with Gasteiger partial charge in [-0.1, -0.05) is 44.7 Å². The van der Waals surface area contributed by atoms with Crippen molar-refractivity contribution in [2.45, 2.75) is 57.8 Å². The Kier molecular flexibility index (Phi) is 2.89. The molecule has 1 aliphatic carbocycles. The van der Waals surface area contributed by atoms with E-state index < -0.39 is 0 Å². The molecule has 0 N–H and O–H groups in total. The minimum absolute atomic E-state index is 0.108. The average Bonchev–Trinajstić information content (AvgIpc) is 2.41. The van der Waals surface area contributed by atoms with Gasteiger partial charge in [-0.05, 0) is 24.2 Å². The zero-order valence-electron chi connectivity index (χ0n) is 10.9. The molecule has 1 aliphatic heterocycles. The molecule has 2 fully saturated rings. The largest absolute Gasteiger partial charge is 0.366 e. The number of thiocarbonyl (C=S) groups is 1. The average molecular weight is 235 g/mol. The number of nitrogens with zero attached hydrogens (tertiary/aromatic N) is 1. The van der Waals surface area contributed by atoms with E-state index in [0.717, 1.165) is 11.4 Å². The maximum Gasteiger partial charge on any atom is 0.0782 e. The molecular formula is C13H22BNS. The molecule has 0 amide bonds. The molecular weight excluding hydrogens is 213 g/mol. The lowest BCUT2D eigenvalue weighted by atomic mass is 9.48. The molecule has 0 aromatic heterocycles. The van der Waals surface area contributed by atoms with Gasteiger partial charge in [0.05, 0.1) is 12.8 Å². The third-order valence-corrected chi connectivity index (χ3v) is 5.73. The normalized spacial score (nSPS) is 43.0. The van der Waals surface area contributed by atoms with Crippen molar-refractivity contribution < 1.29 is 0 Å². The Morgan fingerprint density at radius 1 is 1.38 bits per heavy atom. The zero-order chi connectivity index (χ0) is 12.1. The van der Waals surface area contributed by atoms with E-state index in [9.17, 15) is 0 Å². The molecule has 1 saturated heterocycles. The van der Waals surface area contributed by atoms with Gasteiger partial charge in [-0.15, -0.1) is 0 Å². The second kappa shape index (κ2) is 3.73. The van der Waals surface area contributed by atoms with E-state index in [1.54, 1.807) is 0 Å². The SMILES string of the molecule is [B]C1(C)C2CC(=S)N(C)C2CCCC1(C)C. The first kappa shape index (κ1) is 12.4. The molecule has 2 aliphatic rings. The van der Waals surface area contributed by atoms with Crippen molar-refractivity contribution in [1.29, 1.82) is 0 Å². The van der Waals surface area contributed by atoms with Crippen LogP contribution in [0.15, 0.2) is 0 Å². The van der Waals surface area contributed by atoms with Crippen molar-refractivity contribution in [2.24, 2.45) is 11.3 Å². The van der Waals surface area contributed by atoms with Crippen LogP contribution in [0.4, 0.5) is 0 Å². The van der Waals surface area contributed by atoms with Gasteiger partial charge in [-0.2, -0.15) is 0 Å². The summed E-state index contributed by atoms with van der Waals surface area (Å²) in [4.78, 5) is 3.40. The Labute approximate surface area is 106 Å². The third-order valence-electron chi connectivity index (χ3n) is 5.28. The molecule has 16 heavy (non-hydrogen) atoms. The van der Waals surface area contributed by atoms with Gasteiger partial charge in [0.15, 0.2) is 0 Å². The lowest BCUT2D eigenvalue weighted by Gasteiger charge is -2.46. The van der Waals surface area contributed by atoms with Gasteiger partial charge in [0, 0.05) is 19.5 Å². The van der Waals surface area contributed by atoms with Crippen LogP contribution in [-0.4, -0.2) is 30.8 Å². The molecule has 0 spiro atoms. The lowest BCUT2D eigenvalue weighted by molar-refractivity contribution is 0.162. The van der Waals surface area contributed by atoms with E-state index in [0.29, 0.717) is 12.0 Å². The summed E-state index contributed by atoms with van der Waals surface area (Å²) in [7, 11) is 8.82. The first-order valence-electron chi connectivity index (χ1n) is 6.32. The molecule has 2 rings (SSSR count). The van der Waals surface area contributed by atoms with Gasteiger partial charge in [0.1, 0.15) is 0 Å². The monoisotopic (exact) mass is 235 g/mol. The molecule has 0 aromatic carbocycles. The highest BCUT2D eigenvalue weighted by Gasteiger charge is 2.51. The number of hydrogen-bond donors (Lipinski definition) is 0. The Bertz CT molecular complexity index is 311. The molecule has 88 valence electrons. The Morgan fingerprint density at radius 3 is 2.62 bits per heavy atom. The molecule has 3 heteroatoms. The predicted octanol–water partition coefficient (Wildman–Crippen LogP) is 3.19. The van der Waals surface area contributed by atoms with Crippen molar-refractivity contribution in [3.05, 3.63) is 0 Å². The van der Waals surface area contributed by atoms with Crippen LogP contribution in [0.1, 0.15) is 46.5 Å². The summed E-state index contributed by atoms with van der Waals surface area (Å²) in [5.41, 5.74) is 0.215. The van der Waals surface area contributed by atoms with Gasteiger partial charge < -0.3 is 4.90 Å². The molecule has 1 heterocycles. The van der Waals surface area contributed by atoms with Gasteiger partial charge in [0.2, 0.25) is 0 Å². The van der Waals surface area contributed by atoms with Gasteiger partial charge >= 0.3 is 0 Å². The fourth-order valence-corrected chi connectivity index (χ4v) is 3.77. The molecule has 0 aromatic rings. The van der Waals surface area contributed by atoms with Crippen LogP contribution in [0.2, 0.25) is 5.31 Å². The lowest BCUT2D eigenvalue weighted by Crippen LogP contribution is -2.39. The van der Waals surface area contributed by atoms with Crippen LogP contribution in [0.5, 0.6) is 0 Å². The zero-order valence-corrected chi connectivity index (χ0v) is 11.7.